The van der Waals surface area contributed by atoms with Crippen LogP contribution in [0.2, 0.25) is 29.6 Å². The number of hydrogen-bond donors (Lipinski definition) is 0. The van der Waals surface area contributed by atoms with Gasteiger partial charge in [-0.1, -0.05) is 0 Å². The van der Waals surface area contributed by atoms with Gasteiger partial charge in [-0.25, -0.2) is 0 Å². The van der Waals surface area contributed by atoms with Gasteiger partial charge in [0.05, 0.1) is 0 Å². The summed E-state index contributed by atoms with van der Waals surface area (Å²) < 4.78 is 47.7. The monoisotopic (exact) mass is 818 g/mol. The molecule has 2 aromatic heterocycles. The van der Waals surface area contributed by atoms with E-state index in [-0.39, 0.29) is 0 Å². The Labute approximate surface area is 257 Å². The molecule has 0 fully saturated rings. The number of thiophene rings is 2. The van der Waals surface area contributed by atoms with Crippen molar-refractivity contribution in [2.75, 3.05) is 93.5 Å². The Balaban J connectivity index is 1.98. The summed E-state index contributed by atoms with van der Waals surface area (Å²) >= 11 is -1.01. The van der Waals surface area contributed by atoms with E-state index >= 15 is 0 Å². The van der Waals surface area contributed by atoms with Gasteiger partial charge in [0.15, 0.2) is 0 Å². The van der Waals surface area contributed by atoms with Crippen LogP contribution in [0.5, 0.6) is 11.5 Å². The summed E-state index contributed by atoms with van der Waals surface area (Å²) in [5.41, 5.74) is 0. The fourth-order valence-corrected chi connectivity index (χ4v) is 18.2. The van der Waals surface area contributed by atoms with E-state index in [1.165, 1.54) is 15.5 Å². The van der Waals surface area contributed by atoms with Crippen molar-refractivity contribution in [2.45, 2.75) is 29.6 Å². The number of ether oxygens (including phenoxy) is 8. The van der Waals surface area contributed by atoms with Crippen LogP contribution in [0.3, 0.4) is 0 Å². The fraction of sp³-hybridized carbons (Fsp3) is 0.714. The Morgan fingerprint density at radius 3 is 1.07 bits per heavy atom. The minimum atomic E-state index is -2.40. The van der Waals surface area contributed by atoms with Gasteiger partial charge in [0.2, 0.25) is 0 Å². The molecule has 0 aromatic carbocycles. The van der Waals surface area contributed by atoms with E-state index in [4.69, 9.17) is 37.9 Å². The van der Waals surface area contributed by atoms with Crippen molar-refractivity contribution in [3.63, 3.8) is 0 Å². The van der Waals surface area contributed by atoms with E-state index in [1.807, 2.05) is 22.7 Å². The van der Waals surface area contributed by atoms with Crippen molar-refractivity contribution in [2.24, 2.45) is 0 Å². The van der Waals surface area contributed by atoms with Gasteiger partial charge in [-0.3, -0.25) is 0 Å². The van der Waals surface area contributed by atoms with E-state index < -0.39 is 36.8 Å². The number of hydrogen-bond acceptors (Lipinski definition) is 10. The third kappa shape index (κ3) is 13.8. The van der Waals surface area contributed by atoms with Crippen LogP contribution in [0.4, 0.5) is 0 Å². The van der Waals surface area contributed by atoms with Gasteiger partial charge in [-0.15, -0.1) is 0 Å². The summed E-state index contributed by atoms with van der Waals surface area (Å²) in [6.45, 7) is 6.76. The molecule has 12 heteroatoms. The molecular weight excluding hydrogens is 766 g/mol. The first kappa shape index (κ1) is 36.5. The summed E-state index contributed by atoms with van der Waals surface area (Å²) in [6.07, 6.45) is 0. The van der Waals surface area contributed by atoms with Crippen LogP contribution in [-0.2, 0) is 28.4 Å². The average molecular weight is 816 g/mol. The SMILES string of the molecule is COCCOCCOCCOc1cc(-c2cc(OCCOCCOCCOC)[c]([Sn]([CH3])([CH3])[CH3])s2)s[c]1[Sn]([CH3])([CH3])[CH3]. The van der Waals surface area contributed by atoms with E-state index in [0.717, 1.165) is 11.5 Å². The van der Waals surface area contributed by atoms with E-state index in [0.29, 0.717) is 79.3 Å². The Morgan fingerprint density at radius 1 is 0.475 bits per heavy atom. The van der Waals surface area contributed by atoms with Gasteiger partial charge in [-0.2, -0.15) is 0 Å². The van der Waals surface area contributed by atoms with Crippen molar-refractivity contribution >= 4 is 65.2 Å². The molecule has 0 atom stereocenters. The standard InChI is InChI=1S/C22H32O8S2.6CH3.2Sn/c1-23-3-5-25-7-9-27-11-13-29-19-15-21(31-17-19)22-16-20(18-32-22)30-14-12-28-10-8-26-6-4-24-2;;;;;;;;/h15-16H,3-14H2,1-2H3;6*1H3;;. The molecule has 0 aliphatic rings. The molecule has 2 rings (SSSR count). The first-order chi connectivity index (χ1) is 19.1. The van der Waals surface area contributed by atoms with Crippen LogP contribution in [0.15, 0.2) is 12.1 Å². The molecule has 0 amide bonds. The first-order valence-corrected chi connectivity index (χ1v) is 35.5. The second-order valence-corrected chi connectivity index (χ2v) is 44.0. The number of rotatable bonds is 23. The molecule has 0 spiro atoms. The molecule has 2 aromatic rings. The van der Waals surface area contributed by atoms with E-state index in [1.54, 1.807) is 14.2 Å². The van der Waals surface area contributed by atoms with E-state index in [9.17, 15) is 0 Å². The Morgan fingerprint density at radius 2 is 0.775 bits per heavy atom. The van der Waals surface area contributed by atoms with Crippen LogP contribution in [-0.4, -0.2) is 130 Å². The zero-order valence-electron chi connectivity index (χ0n) is 25.7. The van der Waals surface area contributed by atoms with Gasteiger partial charge in [0.1, 0.15) is 0 Å². The molecule has 0 N–H and O–H groups in total. The van der Waals surface area contributed by atoms with Crippen LogP contribution in [0.25, 0.3) is 9.75 Å². The maximum absolute atomic E-state index is 6.28. The molecule has 0 aliphatic carbocycles. The van der Waals surface area contributed by atoms with Crippen LogP contribution < -0.4 is 15.3 Å². The summed E-state index contributed by atoms with van der Waals surface area (Å²) in [6, 6.07) is 4.47. The first-order valence-electron chi connectivity index (χ1n) is 13.9. The van der Waals surface area contributed by atoms with Crippen molar-refractivity contribution < 1.29 is 37.9 Å². The van der Waals surface area contributed by atoms with Gasteiger partial charge < -0.3 is 0 Å². The van der Waals surface area contributed by atoms with Gasteiger partial charge in [0.25, 0.3) is 0 Å². The second-order valence-electron chi connectivity index (χ2n) is 11.2. The van der Waals surface area contributed by atoms with Crippen molar-refractivity contribution in [3.8, 4) is 21.3 Å². The maximum atomic E-state index is 6.28. The summed E-state index contributed by atoms with van der Waals surface area (Å²) in [5, 5.41) is 0. The summed E-state index contributed by atoms with van der Waals surface area (Å²) in [7, 11) is 3.34. The van der Waals surface area contributed by atoms with Gasteiger partial charge in [0, 0.05) is 14.2 Å². The summed E-state index contributed by atoms with van der Waals surface area (Å²) in [4.78, 5) is 17.2. The number of methoxy groups -OCH3 is 2. The topological polar surface area (TPSA) is 73.8 Å². The molecule has 8 nitrogen and oxygen atoms in total. The third-order valence-corrected chi connectivity index (χ3v) is 26.8. The molecule has 230 valence electrons. The Hall–Kier alpha value is 0.357. The molecule has 0 saturated carbocycles. The van der Waals surface area contributed by atoms with Crippen LogP contribution >= 0.6 is 22.7 Å². The van der Waals surface area contributed by atoms with E-state index in [2.05, 4.69) is 41.8 Å². The Kier molecular flexibility index (Phi) is 17.9. The third-order valence-electron chi connectivity index (χ3n) is 5.58. The van der Waals surface area contributed by atoms with Gasteiger partial charge >= 0.3 is 245 Å². The van der Waals surface area contributed by atoms with Crippen molar-refractivity contribution in [1.82, 2.24) is 0 Å². The summed E-state index contributed by atoms with van der Waals surface area (Å²) in [5.74, 6) is 2.06. The van der Waals surface area contributed by atoms with Crippen LogP contribution in [0, 0.1) is 0 Å². The Bertz CT molecular complexity index is 877. The predicted octanol–water partition coefficient (Wildman–Crippen LogP) is 4.68. The average Bonchev–Trinajstić information content (AvgIpc) is 3.51. The fourth-order valence-electron chi connectivity index (χ4n) is 3.60. The predicted molar refractivity (Wildman–Crippen MR) is 172 cm³/mol. The zero-order chi connectivity index (χ0) is 29.4. The van der Waals surface area contributed by atoms with Crippen molar-refractivity contribution in [3.05, 3.63) is 12.1 Å². The molecule has 0 saturated heterocycles. The molecule has 0 radical (unpaired) electrons. The quantitative estimate of drug-likeness (QED) is 0.118. The molecular formula is C28H50O8S2Sn2. The van der Waals surface area contributed by atoms with Crippen molar-refractivity contribution in [1.29, 1.82) is 0 Å². The molecule has 2 heterocycles. The normalized spacial score (nSPS) is 12.3. The second kappa shape index (κ2) is 19.6. The van der Waals surface area contributed by atoms with Gasteiger partial charge in [-0.05, 0) is 0 Å². The minimum absolute atomic E-state index is 0.531. The molecule has 0 aliphatic heterocycles. The molecule has 40 heavy (non-hydrogen) atoms. The zero-order valence-corrected chi connectivity index (χ0v) is 33.1. The molecule has 0 unspecified atom stereocenters. The van der Waals surface area contributed by atoms with Crippen LogP contribution in [0.1, 0.15) is 0 Å². The molecule has 0 bridgehead atoms.